The topological polar surface area (TPSA) is 61.1 Å². The maximum absolute atomic E-state index is 13.1. The standard InChI is InChI=1S/C24H22Cl2N4O/c25-19-6-7-22(21(26)14-19)30-13-8-18(15-27)23(30)24(31)28-20-9-11-29(12-10-20)16-17-4-2-1-3-5-17/h1-8,13-14,20H,9-12,16H2,(H,28,31). The molecule has 0 bridgehead atoms. The molecule has 31 heavy (non-hydrogen) atoms. The van der Waals surface area contributed by atoms with E-state index in [0.717, 1.165) is 32.5 Å². The van der Waals surface area contributed by atoms with E-state index in [1.165, 1.54) is 5.56 Å². The quantitative estimate of drug-likeness (QED) is 0.588. The van der Waals surface area contributed by atoms with Crippen molar-refractivity contribution in [3.63, 3.8) is 0 Å². The molecule has 0 aliphatic carbocycles. The van der Waals surface area contributed by atoms with Gasteiger partial charge in [0, 0.05) is 36.9 Å². The highest BCUT2D eigenvalue weighted by Crippen LogP contribution is 2.27. The molecule has 7 heteroatoms. The van der Waals surface area contributed by atoms with Crippen molar-refractivity contribution in [2.75, 3.05) is 13.1 Å². The number of hydrogen-bond acceptors (Lipinski definition) is 3. The third-order valence-electron chi connectivity index (χ3n) is 5.56. The molecular weight excluding hydrogens is 431 g/mol. The Kier molecular flexibility index (Phi) is 6.62. The third-order valence-corrected chi connectivity index (χ3v) is 6.10. The molecule has 3 aromatic rings. The fraction of sp³-hybridized carbons (Fsp3) is 0.250. The van der Waals surface area contributed by atoms with Crippen LogP contribution >= 0.6 is 23.2 Å². The third kappa shape index (κ3) is 4.94. The van der Waals surface area contributed by atoms with E-state index in [9.17, 15) is 10.1 Å². The molecule has 4 rings (SSSR count). The number of nitrogens with zero attached hydrogens (tertiary/aromatic N) is 3. The molecule has 1 fully saturated rings. The lowest BCUT2D eigenvalue weighted by Crippen LogP contribution is -2.44. The lowest BCUT2D eigenvalue weighted by atomic mass is 10.0. The van der Waals surface area contributed by atoms with Crippen LogP contribution in [0.1, 0.15) is 34.5 Å². The Hall–Kier alpha value is -2.78. The predicted molar refractivity (Wildman–Crippen MR) is 123 cm³/mol. The number of nitriles is 1. The molecule has 5 nitrogen and oxygen atoms in total. The number of halogens is 2. The van der Waals surface area contributed by atoms with Crippen LogP contribution in [0.15, 0.2) is 60.8 Å². The second kappa shape index (κ2) is 9.57. The van der Waals surface area contributed by atoms with Gasteiger partial charge in [-0.1, -0.05) is 53.5 Å². The van der Waals surface area contributed by atoms with Gasteiger partial charge in [0.25, 0.3) is 5.91 Å². The maximum atomic E-state index is 13.1. The largest absolute Gasteiger partial charge is 0.348 e. The molecule has 1 amide bonds. The van der Waals surface area contributed by atoms with Crippen LogP contribution in [0.5, 0.6) is 0 Å². The molecule has 0 saturated carbocycles. The lowest BCUT2D eigenvalue weighted by molar-refractivity contribution is 0.0902. The molecule has 0 spiro atoms. The van der Waals surface area contributed by atoms with Crippen LogP contribution in [-0.4, -0.2) is 34.5 Å². The number of benzene rings is 2. The number of piperidine rings is 1. The molecule has 2 aromatic carbocycles. The van der Waals surface area contributed by atoms with Gasteiger partial charge in [0.2, 0.25) is 0 Å². The molecule has 1 aromatic heterocycles. The summed E-state index contributed by atoms with van der Waals surface area (Å²) in [4.78, 5) is 15.5. The first-order chi connectivity index (χ1) is 15.0. The van der Waals surface area contributed by atoms with Crippen molar-refractivity contribution in [2.24, 2.45) is 0 Å². The van der Waals surface area contributed by atoms with Crippen LogP contribution in [0.3, 0.4) is 0 Å². The smallest absolute Gasteiger partial charge is 0.269 e. The first-order valence-electron chi connectivity index (χ1n) is 10.2. The summed E-state index contributed by atoms with van der Waals surface area (Å²) < 4.78 is 1.65. The number of likely N-dealkylation sites (tertiary alicyclic amines) is 1. The minimum absolute atomic E-state index is 0.0649. The number of amides is 1. The second-order valence-electron chi connectivity index (χ2n) is 7.67. The van der Waals surface area contributed by atoms with Crippen LogP contribution in [0.4, 0.5) is 0 Å². The Morgan fingerprint density at radius 3 is 2.52 bits per heavy atom. The molecule has 1 aliphatic heterocycles. The molecule has 2 heterocycles. The van der Waals surface area contributed by atoms with E-state index in [1.54, 1.807) is 35.0 Å². The average molecular weight is 453 g/mol. The summed E-state index contributed by atoms with van der Waals surface area (Å²) in [6.45, 7) is 2.74. The highest BCUT2D eigenvalue weighted by molar-refractivity contribution is 6.35. The van der Waals surface area contributed by atoms with Gasteiger partial charge in [-0.15, -0.1) is 0 Å². The summed E-state index contributed by atoms with van der Waals surface area (Å²) in [7, 11) is 0. The number of carbonyl (C=O) groups is 1. The number of rotatable bonds is 5. The fourth-order valence-corrected chi connectivity index (χ4v) is 4.46. The van der Waals surface area contributed by atoms with Gasteiger partial charge in [0.15, 0.2) is 0 Å². The first-order valence-corrected chi connectivity index (χ1v) is 10.9. The van der Waals surface area contributed by atoms with Crippen LogP contribution in [0.2, 0.25) is 10.0 Å². The first kappa shape index (κ1) is 21.5. The minimum atomic E-state index is -0.269. The molecular formula is C24H22Cl2N4O. The molecule has 158 valence electrons. The Bertz CT molecular complexity index is 1110. The van der Waals surface area contributed by atoms with Gasteiger partial charge in [-0.25, -0.2) is 0 Å². The summed E-state index contributed by atoms with van der Waals surface area (Å²) in [6, 6.07) is 19.3. The number of carbonyl (C=O) groups excluding carboxylic acids is 1. The highest BCUT2D eigenvalue weighted by atomic mass is 35.5. The minimum Gasteiger partial charge on any atom is -0.348 e. The molecule has 0 radical (unpaired) electrons. The van der Waals surface area contributed by atoms with Crippen LogP contribution in [-0.2, 0) is 6.54 Å². The summed E-state index contributed by atoms with van der Waals surface area (Å²) in [5.41, 5.74) is 2.50. The summed E-state index contributed by atoms with van der Waals surface area (Å²) >= 11 is 12.3. The van der Waals surface area contributed by atoms with Crippen LogP contribution in [0, 0.1) is 11.3 Å². The lowest BCUT2D eigenvalue weighted by Gasteiger charge is -2.32. The summed E-state index contributed by atoms with van der Waals surface area (Å²) in [5, 5.41) is 13.6. The van der Waals surface area contributed by atoms with E-state index >= 15 is 0 Å². The van der Waals surface area contributed by atoms with Gasteiger partial charge in [-0.2, -0.15) is 5.26 Å². The second-order valence-corrected chi connectivity index (χ2v) is 8.51. The maximum Gasteiger partial charge on any atom is 0.269 e. The SMILES string of the molecule is N#Cc1ccn(-c2ccc(Cl)cc2Cl)c1C(=O)NC1CCN(Cc2ccccc2)CC1. The molecule has 1 N–H and O–H groups in total. The Balaban J connectivity index is 1.45. The van der Waals surface area contributed by atoms with E-state index in [4.69, 9.17) is 23.2 Å². The normalized spacial score (nSPS) is 14.9. The van der Waals surface area contributed by atoms with Crippen molar-refractivity contribution in [3.05, 3.63) is 87.7 Å². The Morgan fingerprint density at radius 1 is 1.10 bits per heavy atom. The van der Waals surface area contributed by atoms with E-state index in [2.05, 4.69) is 40.6 Å². The van der Waals surface area contributed by atoms with Gasteiger partial charge >= 0.3 is 0 Å². The van der Waals surface area contributed by atoms with Gasteiger partial charge < -0.3 is 9.88 Å². The van der Waals surface area contributed by atoms with Crippen molar-refractivity contribution >= 4 is 29.1 Å². The number of aromatic nitrogens is 1. The van der Waals surface area contributed by atoms with E-state index in [-0.39, 0.29) is 11.9 Å². The van der Waals surface area contributed by atoms with E-state index < -0.39 is 0 Å². The molecule has 0 atom stereocenters. The highest BCUT2D eigenvalue weighted by Gasteiger charge is 2.25. The predicted octanol–water partition coefficient (Wildman–Crippen LogP) is 5.05. The molecule has 1 aliphatic rings. The van der Waals surface area contributed by atoms with Crippen molar-refractivity contribution < 1.29 is 4.79 Å². The van der Waals surface area contributed by atoms with Gasteiger partial charge in [-0.05, 0) is 42.7 Å². The average Bonchev–Trinajstić information content (AvgIpc) is 3.20. The van der Waals surface area contributed by atoms with Crippen molar-refractivity contribution in [2.45, 2.75) is 25.4 Å². The summed E-state index contributed by atoms with van der Waals surface area (Å²) in [6.07, 6.45) is 3.41. The fourth-order valence-electron chi connectivity index (χ4n) is 3.96. The van der Waals surface area contributed by atoms with Crippen LogP contribution in [0.25, 0.3) is 5.69 Å². The van der Waals surface area contributed by atoms with Crippen LogP contribution < -0.4 is 5.32 Å². The van der Waals surface area contributed by atoms with Crippen molar-refractivity contribution in [1.82, 2.24) is 14.8 Å². The monoisotopic (exact) mass is 452 g/mol. The zero-order chi connectivity index (χ0) is 21.8. The Morgan fingerprint density at radius 2 is 1.84 bits per heavy atom. The van der Waals surface area contributed by atoms with E-state index in [1.807, 2.05) is 6.07 Å². The van der Waals surface area contributed by atoms with Gasteiger partial charge in [0.1, 0.15) is 11.8 Å². The zero-order valence-electron chi connectivity index (χ0n) is 16.9. The number of hydrogen-bond donors (Lipinski definition) is 1. The van der Waals surface area contributed by atoms with Crippen molar-refractivity contribution in [1.29, 1.82) is 5.26 Å². The zero-order valence-corrected chi connectivity index (χ0v) is 18.4. The molecule has 1 saturated heterocycles. The summed E-state index contributed by atoms with van der Waals surface area (Å²) in [5.74, 6) is -0.269. The number of nitrogens with one attached hydrogen (secondary N) is 1. The Labute approximate surface area is 191 Å². The van der Waals surface area contributed by atoms with Gasteiger partial charge in [-0.3, -0.25) is 9.69 Å². The van der Waals surface area contributed by atoms with E-state index in [0.29, 0.717) is 27.0 Å². The molecule has 0 unspecified atom stereocenters. The van der Waals surface area contributed by atoms with Gasteiger partial charge in [0.05, 0.1) is 16.3 Å². The van der Waals surface area contributed by atoms with Crippen molar-refractivity contribution in [3.8, 4) is 11.8 Å².